The fourth-order valence-electron chi connectivity index (χ4n) is 2.48. The third-order valence-electron chi connectivity index (χ3n) is 3.76. The standard InChI is InChI=1S/C19H29N5O3/c1-3-20-19(21-8-4-10-24-11-5-9-23-24)22-15-16-6-7-17(27-13-12-25)18(14-16)26-2/h5-7,9,11,14,25H,3-4,8,10,12-13,15H2,1-2H3,(H2,20,21,22). The van der Waals surface area contributed by atoms with Gasteiger partial charge in [0.05, 0.1) is 20.3 Å². The summed E-state index contributed by atoms with van der Waals surface area (Å²) >= 11 is 0. The zero-order valence-corrected chi connectivity index (χ0v) is 16.0. The second-order valence-corrected chi connectivity index (χ2v) is 5.80. The average molecular weight is 375 g/mol. The first kappa shape index (κ1) is 20.6. The van der Waals surface area contributed by atoms with Gasteiger partial charge in [-0.25, -0.2) is 4.99 Å². The van der Waals surface area contributed by atoms with E-state index in [-0.39, 0.29) is 13.2 Å². The van der Waals surface area contributed by atoms with E-state index in [9.17, 15) is 0 Å². The Labute approximate surface area is 160 Å². The summed E-state index contributed by atoms with van der Waals surface area (Å²) in [5, 5.41) is 19.7. The molecular formula is C19H29N5O3. The van der Waals surface area contributed by atoms with Crippen LogP contribution in [0.15, 0.2) is 41.7 Å². The van der Waals surface area contributed by atoms with Crippen LogP contribution in [0.3, 0.4) is 0 Å². The molecule has 0 aliphatic rings. The highest BCUT2D eigenvalue weighted by molar-refractivity contribution is 5.79. The molecule has 8 heteroatoms. The van der Waals surface area contributed by atoms with Gasteiger partial charge >= 0.3 is 0 Å². The second kappa shape index (κ2) is 11.8. The maximum absolute atomic E-state index is 8.88. The normalized spacial score (nSPS) is 11.3. The Hall–Kier alpha value is -2.74. The van der Waals surface area contributed by atoms with Gasteiger partial charge in [0.1, 0.15) is 6.61 Å². The smallest absolute Gasteiger partial charge is 0.191 e. The monoisotopic (exact) mass is 375 g/mol. The molecular weight excluding hydrogens is 346 g/mol. The SMILES string of the molecule is CCNC(=NCc1ccc(OCCO)c(OC)c1)NCCCn1cccn1. The van der Waals surface area contributed by atoms with Gasteiger partial charge in [0.2, 0.25) is 0 Å². The molecule has 0 bridgehead atoms. The van der Waals surface area contributed by atoms with Crippen molar-refractivity contribution in [1.29, 1.82) is 0 Å². The second-order valence-electron chi connectivity index (χ2n) is 5.80. The lowest BCUT2D eigenvalue weighted by atomic mass is 10.2. The lowest BCUT2D eigenvalue weighted by molar-refractivity contribution is 0.196. The molecule has 0 saturated carbocycles. The first-order valence-electron chi connectivity index (χ1n) is 9.17. The van der Waals surface area contributed by atoms with Crippen molar-refractivity contribution >= 4 is 5.96 Å². The summed E-state index contributed by atoms with van der Waals surface area (Å²) in [6.07, 6.45) is 4.70. The number of methoxy groups -OCH3 is 1. The van der Waals surface area contributed by atoms with Crippen molar-refractivity contribution in [2.45, 2.75) is 26.4 Å². The van der Waals surface area contributed by atoms with Crippen molar-refractivity contribution in [3.8, 4) is 11.5 Å². The molecule has 2 rings (SSSR count). The number of nitrogens with zero attached hydrogens (tertiary/aromatic N) is 3. The number of aliphatic hydroxyl groups is 1. The Morgan fingerprint density at radius 2 is 2.19 bits per heavy atom. The molecule has 8 nitrogen and oxygen atoms in total. The highest BCUT2D eigenvalue weighted by Gasteiger charge is 2.06. The molecule has 0 unspecified atom stereocenters. The van der Waals surface area contributed by atoms with Crippen molar-refractivity contribution in [2.75, 3.05) is 33.4 Å². The van der Waals surface area contributed by atoms with E-state index in [0.717, 1.165) is 37.6 Å². The number of benzene rings is 1. The van der Waals surface area contributed by atoms with Crippen LogP contribution in [0.25, 0.3) is 0 Å². The number of guanidine groups is 1. The Morgan fingerprint density at radius 1 is 1.30 bits per heavy atom. The third kappa shape index (κ3) is 7.18. The highest BCUT2D eigenvalue weighted by atomic mass is 16.5. The number of rotatable bonds is 11. The largest absolute Gasteiger partial charge is 0.493 e. The molecule has 0 saturated heterocycles. The van der Waals surface area contributed by atoms with Crippen LogP contribution in [0.2, 0.25) is 0 Å². The van der Waals surface area contributed by atoms with Crippen molar-refractivity contribution in [3.05, 3.63) is 42.2 Å². The van der Waals surface area contributed by atoms with Gasteiger partial charge < -0.3 is 25.2 Å². The number of nitrogens with one attached hydrogen (secondary N) is 2. The van der Waals surface area contributed by atoms with Crippen LogP contribution >= 0.6 is 0 Å². The van der Waals surface area contributed by atoms with Gasteiger partial charge in [-0.15, -0.1) is 0 Å². The van der Waals surface area contributed by atoms with E-state index in [1.54, 1.807) is 13.3 Å². The molecule has 0 amide bonds. The number of aromatic nitrogens is 2. The predicted octanol–water partition coefficient (Wildman–Crippen LogP) is 1.41. The van der Waals surface area contributed by atoms with E-state index in [2.05, 4.69) is 20.7 Å². The number of aliphatic imine (C=N–C) groups is 1. The van der Waals surface area contributed by atoms with Crippen LogP contribution in [-0.2, 0) is 13.1 Å². The topological polar surface area (TPSA) is 92.9 Å². The summed E-state index contributed by atoms with van der Waals surface area (Å²) in [5.74, 6) is 2.02. The summed E-state index contributed by atoms with van der Waals surface area (Å²) in [4.78, 5) is 4.62. The summed E-state index contributed by atoms with van der Waals surface area (Å²) in [6, 6.07) is 7.61. The van der Waals surface area contributed by atoms with E-state index in [4.69, 9.17) is 14.6 Å². The van der Waals surface area contributed by atoms with Crippen molar-refractivity contribution in [2.24, 2.45) is 4.99 Å². The lowest BCUT2D eigenvalue weighted by Gasteiger charge is -2.13. The molecule has 1 heterocycles. The van der Waals surface area contributed by atoms with E-state index in [1.807, 2.05) is 42.1 Å². The van der Waals surface area contributed by atoms with Crippen LogP contribution in [0.5, 0.6) is 11.5 Å². The predicted molar refractivity (Wildman–Crippen MR) is 105 cm³/mol. The average Bonchev–Trinajstić information content (AvgIpc) is 3.21. The molecule has 1 aromatic carbocycles. The molecule has 0 fully saturated rings. The van der Waals surface area contributed by atoms with E-state index < -0.39 is 0 Å². The number of ether oxygens (including phenoxy) is 2. The van der Waals surface area contributed by atoms with Gasteiger partial charge in [0, 0.05) is 32.0 Å². The molecule has 0 atom stereocenters. The molecule has 3 N–H and O–H groups in total. The number of aliphatic hydroxyl groups excluding tert-OH is 1. The molecule has 2 aromatic rings. The maximum atomic E-state index is 8.88. The minimum Gasteiger partial charge on any atom is -0.493 e. The Bertz CT molecular complexity index is 689. The van der Waals surface area contributed by atoms with Gasteiger partial charge in [0.25, 0.3) is 0 Å². The first-order chi connectivity index (χ1) is 13.3. The van der Waals surface area contributed by atoms with Crippen LogP contribution in [0.4, 0.5) is 0 Å². The first-order valence-corrected chi connectivity index (χ1v) is 9.17. The van der Waals surface area contributed by atoms with Crippen molar-refractivity contribution < 1.29 is 14.6 Å². The van der Waals surface area contributed by atoms with Crippen LogP contribution in [0.1, 0.15) is 18.9 Å². The Kier molecular flexibility index (Phi) is 8.99. The molecule has 0 spiro atoms. The fraction of sp³-hybridized carbons (Fsp3) is 0.474. The van der Waals surface area contributed by atoms with E-state index >= 15 is 0 Å². The number of hydrogen-bond acceptors (Lipinski definition) is 5. The lowest BCUT2D eigenvalue weighted by Crippen LogP contribution is -2.38. The fourth-order valence-corrected chi connectivity index (χ4v) is 2.48. The highest BCUT2D eigenvalue weighted by Crippen LogP contribution is 2.28. The van der Waals surface area contributed by atoms with Crippen LogP contribution < -0.4 is 20.1 Å². The quantitative estimate of drug-likeness (QED) is 0.312. The molecule has 0 radical (unpaired) electrons. The zero-order chi connectivity index (χ0) is 19.3. The summed E-state index contributed by atoms with van der Waals surface area (Å²) < 4.78 is 12.7. The van der Waals surface area contributed by atoms with Crippen LogP contribution in [-0.4, -0.2) is 54.3 Å². The third-order valence-corrected chi connectivity index (χ3v) is 3.76. The summed E-state index contributed by atoms with van der Waals surface area (Å²) in [5.41, 5.74) is 1.01. The number of hydrogen-bond donors (Lipinski definition) is 3. The van der Waals surface area contributed by atoms with Gasteiger partial charge in [-0.3, -0.25) is 4.68 Å². The Morgan fingerprint density at radius 3 is 2.89 bits per heavy atom. The minimum atomic E-state index is -0.0344. The molecule has 148 valence electrons. The Balaban J connectivity index is 1.88. The minimum absolute atomic E-state index is 0.0344. The summed E-state index contributed by atoms with van der Waals surface area (Å²) in [7, 11) is 1.60. The van der Waals surface area contributed by atoms with Gasteiger partial charge in [-0.05, 0) is 37.1 Å². The molecule has 27 heavy (non-hydrogen) atoms. The van der Waals surface area contributed by atoms with Gasteiger partial charge in [0.15, 0.2) is 17.5 Å². The van der Waals surface area contributed by atoms with Crippen LogP contribution in [0, 0.1) is 0 Å². The van der Waals surface area contributed by atoms with E-state index in [1.165, 1.54) is 0 Å². The van der Waals surface area contributed by atoms with Gasteiger partial charge in [-0.1, -0.05) is 6.07 Å². The molecule has 0 aliphatic heterocycles. The van der Waals surface area contributed by atoms with Gasteiger partial charge in [-0.2, -0.15) is 5.10 Å². The maximum Gasteiger partial charge on any atom is 0.191 e. The summed E-state index contributed by atoms with van der Waals surface area (Å²) in [6.45, 7) is 5.23. The van der Waals surface area contributed by atoms with Crippen molar-refractivity contribution in [1.82, 2.24) is 20.4 Å². The van der Waals surface area contributed by atoms with Crippen molar-refractivity contribution in [3.63, 3.8) is 0 Å². The molecule has 0 aliphatic carbocycles. The van der Waals surface area contributed by atoms with E-state index in [0.29, 0.717) is 18.0 Å². The zero-order valence-electron chi connectivity index (χ0n) is 16.0. The number of aryl methyl sites for hydroxylation is 1. The molecule has 1 aromatic heterocycles.